The fourth-order valence-electron chi connectivity index (χ4n) is 2.80. The molecule has 0 aliphatic carbocycles. The summed E-state index contributed by atoms with van der Waals surface area (Å²) in [6.07, 6.45) is 0. The summed E-state index contributed by atoms with van der Waals surface area (Å²) in [5, 5.41) is 13.4. The van der Waals surface area contributed by atoms with Crippen LogP contribution in [0.3, 0.4) is 0 Å². The molecule has 24 heavy (non-hydrogen) atoms. The van der Waals surface area contributed by atoms with Gasteiger partial charge in [-0.25, -0.2) is 4.98 Å². The number of thiazole rings is 1. The summed E-state index contributed by atoms with van der Waals surface area (Å²) in [7, 11) is 0. The Kier molecular flexibility index (Phi) is 3.89. The zero-order valence-corrected chi connectivity index (χ0v) is 14.6. The molecule has 0 amide bonds. The molecule has 7 nitrogen and oxygen atoms in total. The smallest absolute Gasteiger partial charge is 0.250 e. The van der Waals surface area contributed by atoms with Gasteiger partial charge >= 0.3 is 0 Å². The van der Waals surface area contributed by atoms with Gasteiger partial charge in [-0.15, -0.1) is 11.3 Å². The molecule has 0 unspecified atom stereocenters. The molecule has 1 aliphatic heterocycles. The maximum atomic E-state index is 4.67. The van der Waals surface area contributed by atoms with Crippen molar-refractivity contribution in [3.05, 3.63) is 40.9 Å². The third kappa shape index (κ3) is 2.73. The van der Waals surface area contributed by atoms with Crippen LogP contribution in [-0.4, -0.2) is 51.4 Å². The lowest BCUT2D eigenvalue weighted by Crippen LogP contribution is -2.47. The minimum atomic E-state index is 0.798. The minimum absolute atomic E-state index is 0.798. The number of aromatic nitrogens is 5. The highest BCUT2D eigenvalue weighted by molar-refractivity contribution is 7.15. The van der Waals surface area contributed by atoms with Crippen molar-refractivity contribution in [1.29, 1.82) is 0 Å². The van der Waals surface area contributed by atoms with Gasteiger partial charge < -0.3 is 9.80 Å². The molecule has 0 radical (unpaired) electrons. The summed E-state index contributed by atoms with van der Waals surface area (Å²) in [6.45, 7) is 7.80. The van der Waals surface area contributed by atoms with Crippen LogP contribution >= 0.6 is 11.3 Å². The van der Waals surface area contributed by atoms with E-state index in [-0.39, 0.29) is 0 Å². The minimum Gasteiger partial charge on any atom is -0.345 e. The highest BCUT2D eigenvalue weighted by Crippen LogP contribution is 2.26. The first kappa shape index (κ1) is 15.1. The number of rotatable bonds is 3. The van der Waals surface area contributed by atoms with Crippen molar-refractivity contribution >= 4 is 22.4 Å². The van der Waals surface area contributed by atoms with Gasteiger partial charge in [-0.1, -0.05) is 23.3 Å². The average Bonchev–Trinajstić information content (AvgIpc) is 3.23. The Balaban J connectivity index is 1.50. The predicted octanol–water partition coefficient (Wildman–Crippen LogP) is 2.06. The van der Waals surface area contributed by atoms with Crippen LogP contribution in [0.1, 0.15) is 10.6 Å². The van der Waals surface area contributed by atoms with Gasteiger partial charge in [-0.2, -0.15) is 4.68 Å². The third-order valence-corrected chi connectivity index (χ3v) is 5.44. The predicted molar refractivity (Wildman–Crippen MR) is 95.2 cm³/mol. The van der Waals surface area contributed by atoms with Crippen molar-refractivity contribution in [2.24, 2.45) is 0 Å². The molecule has 0 atom stereocenters. The molecule has 3 aromatic rings. The lowest BCUT2D eigenvalue weighted by atomic mass is 10.3. The molecule has 4 rings (SSSR count). The Labute approximate surface area is 144 Å². The topological polar surface area (TPSA) is 63.0 Å². The lowest BCUT2D eigenvalue weighted by molar-refractivity contribution is 0.630. The van der Waals surface area contributed by atoms with E-state index in [1.54, 1.807) is 16.0 Å². The van der Waals surface area contributed by atoms with Gasteiger partial charge in [0, 0.05) is 31.1 Å². The van der Waals surface area contributed by atoms with Crippen molar-refractivity contribution in [3.63, 3.8) is 0 Å². The number of anilines is 2. The van der Waals surface area contributed by atoms with Gasteiger partial charge in [0.25, 0.3) is 0 Å². The quantitative estimate of drug-likeness (QED) is 0.727. The fraction of sp³-hybridized carbons (Fsp3) is 0.375. The zero-order valence-electron chi connectivity index (χ0n) is 13.8. The molecule has 1 fully saturated rings. The van der Waals surface area contributed by atoms with Gasteiger partial charge in [0.05, 0.1) is 11.4 Å². The van der Waals surface area contributed by atoms with E-state index in [1.165, 1.54) is 4.88 Å². The monoisotopic (exact) mass is 341 g/mol. The van der Waals surface area contributed by atoms with E-state index >= 15 is 0 Å². The van der Waals surface area contributed by atoms with E-state index in [0.717, 1.165) is 48.6 Å². The van der Waals surface area contributed by atoms with Crippen LogP contribution in [0.4, 0.5) is 11.1 Å². The number of hydrogen-bond donors (Lipinski definition) is 0. The average molecular weight is 341 g/mol. The Bertz CT molecular complexity index is 799. The van der Waals surface area contributed by atoms with E-state index < -0.39 is 0 Å². The lowest BCUT2D eigenvalue weighted by Gasteiger charge is -2.34. The number of tetrazole rings is 1. The highest BCUT2D eigenvalue weighted by atomic mass is 32.1. The number of para-hydroxylation sites is 1. The first-order chi connectivity index (χ1) is 11.7. The van der Waals surface area contributed by atoms with E-state index in [0.29, 0.717) is 0 Å². The molecule has 2 aromatic heterocycles. The first-order valence-corrected chi connectivity index (χ1v) is 8.82. The Morgan fingerprint density at radius 2 is 1.67 bits per heavy atom. The molecule has 0 spiro atoms. The van der Waals surface area contributed by atoms with Crippen molar-refractivity contribution < 1.29 is 0 Å². The number of nitrogens with zero attached hydrogens (tertiary/aromatic N) is 7. The molecule has 0 N–H and O–H groups in total. The van der Waals surface area contributed by atoms with Gasteiger partial charge in [0.2, 0.25) is 5.95 Å². The van der Waals surface area contributed by atoms with Crippen LogP contribution in [-0.2, 0) is 0 Å². The van der Waals surface area contributed by atoms with Gasteiger partial charge in [0.1, 0.15) is 0 Å². The largest absolute Gasteiger partial charge is 0.345 e. The first-order valence-electron chi connectivity index (χ1n) is 8.00. The molecule has 3 heterocycles. The highest BCUT2D eigenvalue weighted by Gasteiger charge is 2.24. The Hall–Kier alpha value is -2.48. The molecular formula is C16H19N7S. The van der Waals surface area contributed by atoms with Crippen molar-refractivity contribution in [2.75, 3.05) is 36.0 Å². The second kappa shape index (κ2) is 6.20. The van der Waals surface area contributed by atoms with Crippen LogP contribution in [0.2, 0.25) is 0 Å². The van der Waals surface area contributed by atoms with Crippen molar-refractivity contribution in [2.45, 2.75) is 13.8 Å². The van der Waals surface area contributed by atoms with Gasteiger partial charge in [-0.3, -0.25) is 0 Å². The summed E-state index contributed by atoms with van der Waals surface area (Å²) < 4.78 is 1.80. The summed E-state index contributed by atoms with van der Waals surface area (Å²) in [4.78, 5) is 10.5. The SMILES string of the molecule is Cc1nc(N2CCN(c3nnnn3-c3ccccc3)CC2)sc1C. The van der Waals surface area contributed by atoms with Crippen LogP contribution in [0.25, 0.3) is 5.69 Å². The normalized spacial score (nSPS) is 15.1. The van der Waals surface area contributed by atoms with Gasteiger partial charge in [-0.05, 0) is 36.4 Å². The number of hydrogen-bond acceptors (Lipinski definition) is 7. The maximum Gasteiger partial charge on any atom is 0.250 e. The van der Waals surface area contributed by atoms with Crippen LogP contribution in [0.15, 0.2) is 30.3 Å². The number of benzene rings is 1. The maximum absolute atomic E-state index is 4.67. The standard InChI is InChI=1S/C16H19N7S/c1-12-13(2)24-16(17-12)22-10-8-21(9-11-22)15-18-19-20-23(15)14-6-4-3-5-7-14/h3-7H,8-11H2,1-2H3. The Morgan fingerprint density at radius 1 is 0.958 bits per heavy atom. The molecule has 1 saturated heterocycles. The molecular weight excluding hydrogens is 322 g/mol. The number of piperazine rings is 1. The third-order valence-electron chi connectivity index (χ3n) is 4.30. The Morgan fingerprint density at radius 3 is 2.33 bits per heavy atom. The summed E-state index contributed by atoms with van der Waals surface area (Å²) in [5.74, 6) is 0.798. The van der Waals surface area contributed by atoms with Crippen LogP contribution in [0.5, 0.6) is 0 Å². The fourth-order valence-corrected chi connectivity index (χ4v) is 3.77. The number of aryl methyl sites for hydroxylation is 2. The van der Waals surface area contributed by atoms with Crippen LogP contribution in [0, 0.1) is 13.8 Å². The van der Waals surface area contributed by atoms with E-state index in [9.17, 15) is 0 Å². The van der Waals surface area contributed by atoms with Crippen LogP contribution < -0.4 is 9.80 Å². The van der Waals surface area contributed by atoms with Crippen molar-refractivity contribution in [3.8, 4) is 5.69 Å². The summed E-state index contributed by atoms with van der Waals surface area (Å²) >= 11 is 1.77. The summed E-state index contributed by atoms with van der Waals surface area (Å²) in [6, 6.07) is 10.00. The van der Waals surface area contributed by atoms with Crippen molar-refractivity contribution in [1.82, 2.24) is 25.2 Å². The van der Waals surface area contributed by atoms with E-state index in [4.69, 9.17) is 0 Å². The molecule has 0 saturated carbocycles. The summed E-state index contributed by atoms with van der Waals surface area (Å²) in [5.41, 5.74) is 2.11. The zero-order chi connectivity index (χ0) is 16.5. The molecule has 124 valence electrons. The molecule has 8 heteroatoms. The van der Waals surface area contributed by atoms with E-state index in [1.807, 2.05) is 30.3 Å². The molecule has 1 aliphatic rings. The van der Waals surface area contributed by atoms with E-state index in [2.05, 4.69) is 44.2 Å². The second-order valence-electron chi connectivity index (χ2n) is 5.84. The molecule has 0 bridgehead atoms. The molecule has 1 aromatic carbocycles. The second-order valence-corrected chi connectivity index (χ2v) is 7.02. The van der Waals surface area contributed by atoms with Gasteiger partial charge in [0.15, 0.2) is 5.13 Å².